The number of imide groups is 1. The number of rotatable bonds is 6. The van der Waals surface area contributed by atoms with Gasteiger partial charge in [0, 0.05) is 27.0 Å². The van der Waals surface area contributed by atoms with E-state index in [1.165, 1.54) is 25.1 Å². The zero-order valence-electron chi connectivity index (χ0n) is 17.7. The topological polar surface area (TPSA) is 136 Å². The molecule has 10 nitrogen and oxygen atoms in total. The number of carbonyl (C=O) groups is 4. The fourth-order valence-electron chi connectivity index (χ4n) is 5.20. The smallest absolute Gasteiger partial charge is 0.329 e. The molecule has 0 spiro atoms. The SMILES string of the molecule is Cc1ccc(NC(=O)COC(=O)[C@H](C)N2C(=O)[C@@H]3[C@H]4C[C@@H]([C@@H](Br)[C@H]4Br)[C@H]3C2=O)cc1[N+](=O)[O-]. The van der Waals surface area contributed by atoms with Crippen LogP contribution in [0.1, 0.15) is 18.9 Å². The third-order valence-electron chi connectivity index (χ3n) is 6.78. The molecule has 1 aliphatic heterocycles. The first-order valence-electron chi connectivity index (χ1n) is 10.4. The number of fused-ring (bicyclic) bond motifs is 5. The molecule has 2 saturated carbocycles. The number of likely N-dealkylation sites (tertiary alicyclic amines) is 1. The van der Waals surface area contributed by atoms with Crippen molar-refractivity contribution in [2.24, 2.45) is 23.7 Å². The number of esters is 1. The lowest BCUT2D eigenvalue weighted by Crippen LogP contribution is -2.45. The summed E-state index contributed by atoms with van der Waals surface area (Å²) in [6.45, 7) is 2.31. The summed E-state index contributed by atoms with van der Waals surface area (Å²) in [6, 6.07) is 3.03. The zero-order valence-corrected chi connectivity index (χ0v) is 20.9. The Kier molecular flexibility index (Phi) is 6.34. The van der Waals surface area contributed by atoms with Crippen LogP contribution in [-0.2, 0) is 23.9 Å². The standard InChI is InChI=1S/C21H21Br2N3O7/c1-8-3-4-10(5-13(8)26(31)32)24-14(27)7-33-21(30)9(2)25-19(28)15-11-6-12(16(15)20(25)29)18(23)17(11)22/h3-5,9,11-12,15-18H,6-7H2,1-2H3,(H,24,27)/t9-,11+,12+,15+,16+,17-,18+/m0/s1. The Balaban J connectivity index is 1.36. The molecule has 2 aliphatic carbocycles. The number of nitro benzene ring substituents is 1. The Hall–Kier alpha value is -2.34. The van der Waals surface area contributed by atoms with Crippen molar-refractivity contribution in [3.05, 3.63) is 33.9 Å². The molecule has 1 heterocycles. The summed E-state index contributed by atoms with van der Waals surface area (Å²) in [5.41, 5.74) is 0.470. The number of nitrogens with one attached hydrogen (secondary N) is 1. The van der Waals surface area contributed by atoms with Crippen molar-refractivity contribution in [2.45, 2.75) is 36.0 Å². The van der Waals surface area contributed by atoms with Gasteiger partial charge in [0.15, 0.2) is 6.61 Å². The normalized spacial score (nSPS) is 30.8. The van der Waals surface area contributed by atoms with Crippen molar-refractivity contribution in [1.29, 1.82) is 0 Å². The van der Waals surface area contributed by atoms with Crippen molar-refractivity contribution >= 4 is 66.9 Å². The van der Waals surface area contributed by atoms with Gasteiger partial charge >= 0.3 is 5.97 Å². The molecule has 4 rings (SSSR count). The number of anilines is 1. The van der Waals surface area contributed by atoms with Crippen molar-refractivity contribution in [2.75, 3.05) is 11.9 Å². The van der Waals surface area contributed by atoms with E-state index in [-0.39, 0.29) is 44.7 Å². The number of halogens is 2. The number of carbonyl (C=O) groups excluding carboxylic acids is 4. The third-order valence-corrected chi connectivity index (χ3v) is 9.99. The molecule has 176 valence electrons. The molecule has 1 aromatic carbocycles. The number of hydrogen-bond donors (Lipinski definition) is 1. The monoisotopic (exact) mass is 585 g/mol. The van der Waals surface area contributed by atoms with Gasteiger partial charge < -0.3 is 10.1 Å². The minimum Gasteiger partial charge on any atom is -0.454 e. The first-order chi connectivity index (χ1) is 15.5. The highest BCUT2D eigenvalue weighted by Crippen LogP contribution is 2.60. The third kappa shape index (κ3) is 3.96. The van der Waals surface area contributed by atoms with Gasteiger partial charge in [-0.25, -0.2) is 4.79 Å². The molecule has 3 amide bonds. The predicted octanol–water partition coefficient (Wildman–Crippen LogP) is 2.55. The molecular formula is C21H21Br2N3O7. The molecule has 12 heteroatoms. The van der Waals surface area contributed by atoms with Crippen LogP contribution in [0.4, 0.5) is 11.4 Å². The van der Waals surface area contributed by atoms with Gasteiger partial charge in [0.25, 0.3) is 11.6 Å². The van der Waals surface area contributed by atoms with E-state index in [1.54, 1.807) is 6.92 Å². The molecule has 1 aromatic rings. The quantitative estimate of drug-likeness (QED) is 0.178. The van der Waals surface area contributed by atoms with Gasteiger partial charge in [-0.15, -0.1) is 0 Å². The van der Waals surface area contributed by atoms with Crippen molar-refractivity contribution in [3.8, 4) is 0 Å². The highest BCUT2D eigenvalue weighted by atomic mass is 79.9. The van der Waals surface area contributed by atoms with Gasteiger partial charge in [0.1, 0.15) is 6.04 Å². The van der Waals surface area contributed by atoms with Crippen molar-refractivity contribution in [1.82, 2.24) is 4.90 Å². The summed E-state index contributed by atoms with van der Waals surface area (Å²) in [7, 11) is 0. The number of nitrogens with zero attached hydrogens (tertiary/aromatic N) is 2. The average molecular weight is 587 g/mol. The van der Waals surface area contributed by atoms with E-state index in [4.69, 9.17) is 4.74 Å². The van der Waals surface area contributed by atoms with Crippen molar-refractivity contribution < 1.29 is 28.8 Å². The number of amides is 3. The van der Waals surface area contributed by atoms with Crippen molar-refractivity contribution in [3.63, 3.8) is 0 Å². The number of hydrogen-bond acceptors (Lipinski definition) is 7. The highest BCUT2D eigenvalue weighted by molar-refractivity contribution is 9.12. The average Bonchev–Trinajstić information content (AvgIpc) is 3.37. The van der Waals surface area contributed by atoms with Crippen LogP contribution in [0.5, 0.6) is 0 Å². The largest absolute Gasteiger partial charge is 0.454 e. The van der Waals surface area contributed by atoms with E-state index in [2.05, 4.69) is 37.2 Å². The summed E-state index contributed by atoms with van der Waals surface area (Å²) in [5, 5.41) is 13.5. The molecule has 2 bridgehead atoms. The molecule has 7 atom stereocenters. The highest BCUT2D eigenvalue weighted by Gasteiger charge is 2.67. The molecule has 3 aliphatic rings. The lowest BCUT2D eigenvalue weighted by molar-refractivity contribution is -0.385. The Bertz CT molecular complexity index is 1030. The van der Waals surface area contributed by atoms with E-state index >= 15 is 0 Å². The van der Waals surface area contributed by atoms with Gasteiger partial charge in [0.05, 0.1) is 16.8 Å². The molecule has 0 radical (unpaired) electrons. The Labute approximate surface area is 205 Å². The molecule has 3 fully saturated rings. The first-order valence-corrected chi connectivity index (χ1v) is 12.2. The van der Waals surface area contributed by atoms with E-state index in [1.807, 2.05) is 0 Å². The van der Waals surface area contributed by atoms with E-state index in [0.717, 1.165) is 11.3 Å². The van der Waals surface area contributed by atoms with E-state index in [9.17, 15) is 29.3 Å². The van der Waals surface area contributed by atoms with Crippen LogP contribution < -0.4 is 5.32 Å². The second-order valence-corrected chi connectivity index (χ2v) is 10.8. The summed E-state index contributed by atoms with van der Waals surface area (Å²) < 4.78 is 5.03. The Morgan fingerprint density at radius 3 is 2.33 bits per heavy atom. The van der Waals surface area contributed by atoms with Crippen LogP contribution in [-0.4, -0.2) is 55.8 Å². The minimum absolute atomic E-state index is 0.0263. The number of ether oxygens (including phenoxy) is 1. The van der Waals surface area contributed by atoms with E-state index < -0.39 is 41.3 Å². The first kappa shape index (κ1) is 23.8. The molecule has 33 heavy (non-hydrogen) atoms. The molecule has 1 N–H and O–H groups in total. The maximum Gasteiger partial charge on any atom is 0.329 e. The maximum atomic E-state index is 13.0. The fourth-order valence-corrected chi connectivity index (χ4v) is 7.07. The summed E-state index contributed by atoms with van der Waals surface area (Å²) in [4.78, 5) is 62.3. The van der Waals surface area contributed by atoms with Crippen LogP contribution >= 0.6 is 31.9 Å². The maximum absolute atomic E-state index is 13.0. The van der Waals surface area contributed by atoms with Crippen LogP contribution in [0.15, 0.2) is 18.2 Å². The van der Waals surface area contributed by atoms with Gasteiger partial charge in [-0.3, -0.25) is 29.4 Å². The van der Waals surface area contributed by atoms with Crippen LogP contribution in [0.2, 0.25) is 0 Å². The number of alkyl halides is 2. The lowest BCUT2D eigenvalue weighted by atomic mass is 9.81. The lowest BCUT2D eigenvalue weighted by Gasteiger charge is -2.28. The van der Waals surface area contributed by atoms with Gasteiger partial charge in [-0.2, -0.15) is 0 Å². The second kappa shape index (κ2) is 8.79. The number of aryl methyl sites for hydroxylation is 1. The van der Waals surface area contributed by atoms with Crippen LogP contribution in [0.25, 0.3) is 0 Å². The molecular weight excluding hydrogens is 566 g/mol. The summed E-state index contributed by atoms with van der Waals surface area (Å²) >= 11 is 7.22. The second-order valence-electron chi connectivity index (χ2n) is 8.64. The fraction of sp³-hybridized carbons (Fsp3) is 0.524. The van der Waals surface area contributed by atoms with Crippen LogP contribution in [0, 0.1) is 40.7 Å². The molecule has 0 aromatic heterocycles. The van der Waals surface area contributed by atoms with E-state index in [0.29, 0.717) is 5.56 Å². The van der Waals surface area contributed by atoms with Gasteiger partial charge in [-0.05, 0) is 38.2 Å². The van der Waals surface area contributed by atoms with Gasteiger partial charge in [0.2, 0.25) is 11.8 Å². The predicted molar refractivity (Wildman–Crippen MR) is 123 cm³/mol. The van der Waals surface area contributed by atoms with Crippen LogP contribution in [0.3, 0.4) is 0 Å². The molecule has 1 saturated heterocycles. The number of nitro groups is 1. The minimum atomic E-state index is -1.16. The zero-order chi connectivity index (χ0) is 24.2. The molecule has 0 unspecified atom stereocenters. The number of benzene rings is 1. The van der Waals surface area contributed by atoms with Gasteiger partial charge in [-0.1, -0.05) is 37.9 Å². The Morgan fingerprint density at radius 2 is 1.79 bits per heavy atom. The summed E-state index contributed by atoms with van der Waals surface area (Å²) in [5.74, 6) is -3.17. The summed E-state index contributed by atoms with van der Waals surface area (Å²) in [6.07, 6.45) is 0.780. The Morgan fingerprint density at radius 1 is 1.21 bits per heavy atom.